The molecule has 1 fully saturated rings. The number of rotatable bonds is 4. The minimum Gasteiger partial charge on any atom is -0.486 e. The lowest BCUT2D eigenvalue weighted by Crippen LogP contribution is -2.42. The first-order valence-electron chi connectivity index (χ1n) is 7.98. The minimum absolute atomic E-state index is 0.0635. The van der Waals surface area contributed by atoms with E-state index in [1.165, 1.54) is 11.1 Å². The van der Waals surface area contributed by atoms with Gasteiger partial charge in [0.15, 0.2) is 0 Å². The SMILES string of the molecule is CCc1ccc2c(c1)OC1(CC2)CCN(CCCN)C1. The van der Waals surface area contributed by atoms with Crippen molar-refractivity contribution in [2.75, 3.05) is 26.2 Å². The van der Waals surface area contributed by atoms with Crippen LogP contribution in [0.3, 0.4) is 0 Å². The minimum atomic E-state index is 0.0635. The van der Waals surface area contributed by atoms with E-state index in [2.05, 4.69) is 30.0 Å². The molecule has 0 aliphatic carbocycles. The zero-order chi connectivity index (χ0) is 14.0. The van der Waals surface area contributed by atoms with E-state index in [1.807, 2.05) is 0 Å². The third-order valence-electron chi connectivity index (χ3n) is 4.79. The van der Waals surface area contributed by atoms with Crippen LogP contribution in [0.5, 0.6) is 5.75 Å². The van der Waals surface area contributed by atoms with Crippen LogP contribution in [-0.2, 0) is 12.8 Å². The lowest BCUT2D eigenvalue weighted by molar-refractivity contribution is 0.0544. The van der Waals surface area contributed by atoms with Gasteiger partial charge < -0.3 is 10.5 Å². The van der Waals surface area contributed by atoms with Gasteiger partial charge in [-0.1, -0.05) is 19.1 Å². The highest BCUT2D eigenvalue weighted by Crippen LogP contribution is 2.39. The first kappa shape index (κ1) is 13.9. The molecule has 0 radical (unpaired) electrons. The summed E-state index contributed by atoms with van der Waals surface area (Å²) in [6, 6.07) is 6.74. The number of nitrogens with zero attached hydrogens (tertiary/aromatic N) is 1. The van der Waals surface area contributed by atoms with Crippen molar-refractivity contribution in [3.8, 4) is 5.75 Å². The van der Waals surface area contributed by atoms with Gasteiger partial charge in [0.05, 0.1) is 0 Å². The Morgan fingerprint density at radius 2 is 2.25 bits per heavy atom. The van der Waals surface area contributed by atoms with E-state index in [4.69, 9.17) is 10.5 Å². The van der Waals surface area contributed by atoms with Crippen LogP contribution in [0.1, 0.15) is 37.3 Å². The molecule has 0 aromatic heterocycles. The van der Waals surface area contributed by atoms with Crippen molar-refractivity contribution in [3.63, 3.8) is 0 Å². The normalized spacial score (nSPS) is 25.7. The number of ether oxygens (including phenoxy) is 1. The first-order chi connectivity index (χ1) is 9.74. The molecule has 1 aromatic rings. The molecule has 0 saturated carbocycles. The second-order valence-electron chi connectivity index (χ2n) is 6.25. The molecule has 110 valence electrons. The van der Waals surface area contributed by atoms with Gasteiger partial charge in [0.1, 0.15) is 11.4 Å². The van der Waals surface area contributed by atoms with E-state index in [9.17, 15) is 0 Å². The Morgan fingerprint density at radius 3 is 3.05 bits per heavy atom. The van der Waals surface area contributed by atoms with E-state index >= 15 is 0 Å². The van der Waals surface area contributed by atoms with Crippen LogP contribution in [0.2, 0.25) is 0 Å². The van der Waals surface area contributed by atoms with E-state index in [1.54, 1.807) is 0 Å². The van der Waals surface area contributed by atoms with Gasteiger partial charge in [-0.3, -0.25) is 4.90 Å². The van der Waals surface area contributed by atoms with Gasteiger partial charge in [0.2, 0.25) is 0 Å². The Kier molecular flexibility index (Phi) is 3.99. The van der Waals surface area contributed by atoms with Gasteiger partial charge in [-0.2, -0.15) is 0 Å². The molecule has 2 N–H and O–H groups in total. The number of hydrogen-bond donors (Lipinski definition) is 1. The second-order valence-corrected chi connectivity index (χ2v) is 6.25. The smallest absolute Gasteiger partial charge is 0.123 e. The van der Waals surface area contributed by atoms with Crippen molar-refractivity contribution < 1.29 is 4.74 Å². The van der Waals surface area contributed by atoms with Crippen molar-refractivity contribution in [1.82, 2.24) is 4.90 Å². The maximum absolute atomic E-state index is 6.46. The number of benzene rings is 1. The third-order valence-corrected chi connectivity index (χ3v) is 4.79. The molecule has 1 aromatic carbocycles. The number of aryl methyl sites for hydroxylation is 2. The van der Waals surface area contributed by atoms with Crippen molar-refractivity contribution in [3.05, 3.63) is 29.3 Å². The highest BCUT2D eigenvalue weighted by atomic mass is 16.5. The van der Waals surface area contributed by atoms with Gasteiger partial charge >= 0.3 is 0 Å². The average molecular weight is 274 g/mol. The Morgan fingerprint density at radius 1 is 1.35 bits per heavy atom. The summed E-state index contributed by atoms with van der Waals surface area (Å²) in [4.78, 5) is 2.52. The molecule has 2 heterocycles. The fourth-order valence-electron chi connectivity index (χ4n) is 3.49. The molecule has 3 rings (SSSR count). The van der Waals surface area contributed by atoms with Gasteiger partial charge in [0.25, 0.3) is 0 Å². The van der Waals surface area contributed by atoms with Gasteiger partial charge in [0, 0.05) is 19.5 Å². The Labute approximate surface area is 122 Å². The summed E-state index contributed by atoms with van der Waals surface area (Å²) in [6.45, 7) is 6.33. The molecule has 3 heteroatoms. The van der Waals surface area contributed by atoms with Gasteiger partial charge in [-0.05, 0) is 56.0 Å². The molecule has 1 saturated heterocycles. The molecule has 3 nitrogen and oxygen atoms in total. The zero-order valence-corrected chi connectivity index (χ0v) is 12.5. The Bertz CT molecular complexity index is 474. The second kappa shape index (κ2) is 5.74. The molecule has 1 unspecified atom stereocenters. The summed E-state index contributed by atoms with van der Waals surface area (Å²) in [7, 11) is 0. The Balaban J connectivity index is 1.71. The van der Waals surface area contributed by atoms with Crippen molar-refractivity contribution in [2.24, 2.45) is 5.73 Å². The van der Waals surface area contributed by atoms with Crippen molar-refractivity contribution in [1.29, 1.82) is 0 Å². The van der Waals surface area contributed by atoms with Crippen LogP contribution in [0, 0.1) is 0 Å². The molecule has 2 aliphatic heterocycles. The fraction of sp³-hybridized carbons (Fsp3) is 0.647. The van der Waals surface area contributed by atoms with E-state index in [0.717, 1.165) is 64.0 Å². The van der Waals surface area contributed by atoms with Crippen LogP contribution in [0.4, 0.5) is 0 Å². The van der Waals surface area contributed by atoms with Gasteiger partial charge in [-0.25, -0.2) is 0 Å². The summed E-state index contributed by atoms with van der Waals surface area (Å²) in [5.74, 6) is 1.14. The van der Waals surface area contributed by atoms with Crippen LogP contribution in [0.15, 0.2) is 18.2 Å². The van der Waals surface area contributed by atoms with E-state index in [0.29, 0.717) is 0 Å². The topological polar surface area (TPSA) is 38.5 Å². The standard InChI is InChI=1S/C17H26N2O/c1-2-14-4-5-15-6-7-17(20-16(15)12-14)8-11-19(13-17)10-3-9-18/h4-5,12H,2-3,6-11,13,18H2,1H3. The molecule has 2 aliphatic rings. The predicted molar refractivity (Wildman–Crippen MR) is 82.2 cm³/mol. The molecule has 20 heavy (non-hydrogen) atoms. The molecule has 0 bridgehead atoms. The predicted octanol–water partition coefficient (Wildman–Crippen LogP) is 2.37. The number of likely N-dealkylation sites (tertiary alicyclic amines) is 1. The summed E-state index contributed by atoms with van der Waals surface area (Å²) < 4.78 is 6.46. The number of fused-ring (bicyclic) bond motifs is 1. The monoisotopic (exact) mass is 274 g/mol. The fourth-order valence-corrected chi connectivity index (χ4v) is 3.49. The van der Waals surface area contributed by atoms with Crippen LogP contribution in [0.25, 0.3) is 0 Å². The number of hydrogen-bond acceptors (Lipinski definition) is 3. The number of nitrogens with two attached hydrogens (primary N) is 1. The van der Waals surface area contributed by atoms with E-state index in [-0.39, 0.29) is 5.60 Å². The molecule has 0 amide bonds. The lowest BCUT2D eigenvalue weighted by atomic mass is 9.89. The molecular weight excluding hydrogens is 248 g/mol. The van der Waals surface area contributed by atoms with Crippen LogP contribution < -0.4 is 10.5 Å². The largest absolute Gasteiger partial charge is 0.486 e. The Hall–Kier alpha value is -1.06. The maximum atomic E-state index is 6.46. The quantitative estimate of drug-likeness (QED) is 0.916. The average Bonchev–Trinajstić information content (AvgIpc) is 2.87. The van der Waals surface area contributed by atoms with Crippen LogP contribution in [-0.4, -0.2) is 36.7 Å². The van der Waals surface area contributed by atoms with Crippen LogP contribution >= 0.6 is 0 Å². The first-order valence-corrected chi connectivity index (χ1v) is 7.98. The zero-order valence-electron chi connectivity index (χ0n) is 12.5. The molecule has 1 atom stereocenters. The van der Waals surface area contributed by atoms with E-state index < -0.39 is 0 Å². The lowest BCUT2D eigenvalue weighted by Gasteiger charge is -2.36. The highest BCUT2D eigenvalue weighted by Gasteiger charge is 2.42. The summed E-state index contributed by atoms with van der Waals surface area (Å²) >= 11 is 0. The summed E-state index contributed by atoms with van der Waals surface area (Å²) in [6.07, 6.45) is 5.64. The summed E-state index contributed by atoms with van der Waals surface area (Å²) in [5, 5.41) is 0. The molecule has 1 spiro atoms. The van der Waals surface area contributed by atoms with Crippen molar-refractivity contribution in [2.45, 2.75) is 44.6 Å². The third kappa shape index (κ3) is 2.70. The summed E-state index contributed by atoms with van der Waals surface area (Å²) in [5.41, 5.74) is 8.43. The van der Waals surface area contributed by atoms with Crippen molar-refractivity contribution >= 4 is 0 Å². The molecular formula is C17H26N2O. The maximum Gasteiger partial charge on any atom is 0.123 e. The van der Waals surface area contributed by atoms with Gasteiger partial charge in [-0.15, -0.1) is 0 Å². The highest BCUT2D eigenvalue weighted by molar-refractivity contribution is 5.40.